The van der Waals surface area contributed by atoms with Crippen molar-refractivity contribution in [2.45, 2.75) is 137 Å². The number of amides is 2. The number of methoxy groups -OCH3 is 1. The highest BCUT2D eigenvalue weighted by Gasteiger charge is 2.26. The van der Waals surface area contributed by atoms with E-state index in [4.69, 9.17) is 14.2 Å². The summed E-state index contributed by atoms with van der Waals surface area (Å²) < 4.78 is 20.9. The van der Waals surface area contributed by atoms with E-state index in [0.717, 1.165) is 35.9 Å². The summed E-state index contributed by atoms with van der Waals surface area (Å²) in [7, 11) is 1.29. The molecule has 0 saturated heterocycles. The number of aliphatic hydroxyl groups is 1. The Morgan fingerprint density at radius 3 is 2.06 bits per heavy atom. The SMILES string of the molecule is CCCCCCCCCCCCCCCCCCOc1ccccc1NC(=O)c1ccc2c(N(Cc3ccc(C(=O)CO)cc3)C(=O)Oc3ccc(C(=O)OC)cc3CSc3nnc(SCCn4ccnc4)s3)cccc2c1O. The molecule has 0 atom stereocenters. The van der Waals surface area contributed by atoms with Crippen molar-refractivity contribution in [1.29, 1.82) is 0 Å². The quantitative estimate of drug-likeness (QED) is 0.0149. The van der Waals surface area contributed by atoms with Crippen molar-refractivity contribution in [3.63, 3.8) is 0 Å². The van der Waals surface area contributed by atoms with Gasteiger partial charge in [-0.3, -0.25) is 14.5 Å². The van der Waals surface area contributed by atoms with Crippen molar-refractivity contribution >= 4 is 80.8 Å². The van der Waals surface area contributed by atoms with Gasteiger partial charge in [0.25, 0.3) is 5.91 Å². The van der Waals surface area contributed by atoms with Gasteiger partial charge in [-0.15, -0.1) is 10.2 Å². The average molecular weight is 1130 g/mol. The number of aromatic hydroxyl groups is 1. The van der Waals surface area contributed by atoms with Crippen molar-refractivity contribution in [1.82, 2.24) is 19.7 Å². The van der Waals surface area contributed by atoms with Gasteiger partial charge in [0.1, 0.15) is 23.9 Å². The van der Waals surface area contributed by atoms with E-state index in [1.807, 2.05) is 29.0 Å². The lowest BCUT2D eigenvalue weighted by Crippen LogP contribution is -2.33. The van der Waals surface area contributed by atoms with Gasteiger partial charge in [-0.05, 0) is 54.4 Å². The van der Waals surface area contributed by atoms with Crippen molar-refractivity contribution in [3.8, 4) is 17.2 Å². The molecule has 2 aromatic heterocycles. The van der Waals surface area contributed by atoms with Crippen molar-refractivity contribution in [2.75, 3.05) is 36.3 Å². The number of Topliss-reactive ketones (excluding diaryl/α,β-unsaturated/α-hetero) is 1. The number of esters is 1. The molecule has 0 radical (unpaired) electrons. The van der Waals surface area contributed by atoms with Crippen LogP contribution in [0, 0.1) is 0 Å². The van der Waals surface area contributed by atoms with Gasteiger partial charge < -0.3 is 34.3 Å². The number of hydrogen-bond acceptors (Lipinski definition) is 15. The minimum absolute atomic E-state index is 0.0130. The van der Waals surface area contributed by atoms with Crippen molar-refractivity contribution in [3.05, 3.63) is 144 Å². The number of ether oxygens (including phenoxy) is 3. The maximum absolute atomic E-state index is 14.8. The van der Waals surface area contributed by atoms with Gasteiger partial charge in [0.2, 0.25) is 0 Å². The molecule has 7 rings (SSSR count). The van der Waals surface area contributed by atoms with Crippen LogP contribution in [0.1, 0.15) is 152 Å². The molecular weight excluding hydrogens is 1060 g/mol. The number of aryl methyl sites for hydroxylation is 1. The largest absolute Gasteiger partial charge is 0.506 e. The fourth-order valence-electron chi connectivity index (χ4n) is 9.08. The number of nitrogens with zero attached hydrogens (tertiary/aromatic N) is 5. The maximum Gasteiger partial charge on any atom is 0.420 e. The van der Waals surface area contributed by atoms with Crippen LogP contribution in [0.4, 0.5) is 16.2 Å². The monoisotopic (exact) mass is 1130 g/mol. The summed E-state index contributed by atoms with van der Waals surface area (Å²) in [4.78, 5) is 59.3. The van der Waals surface area contributed by atoms with Crippen LogP contribution < -0.4 is 19.7 Å². The number of phenols is 1. The number of ketones is 1. The number of phenolic OH excluding ortho intramolecular Hbond substituents is 1. The summed E-state index contributed by atoms with van der Waals surface area (Å²) in [6.07, 6.45) is 25.2. The number of aliphatic hydroxyl groups excluding tert-OH is 1. The zero-order chi connectivity index (χ0) is 55.6. The van der Waals surface area contributed by atoms with Gasteiger partial charge in [0.05, 0.1) is 49.1 Å². The van der Waals surface area contributed by atoms with E-state index in [1.54, 1.807) is 84.9 Å². The average Bonchev–Trinajstić information content (AvgIpc) is 4.19. The number of anilines is 2. The minimum atomic E-state index is -0.801. The molecule has 5 aromatic carbocycles. The molecule has 2 heterocycles. The molecule has 0 aliphatic rings. The van der Waals surface area contributed by atoms with Crippen LogP contribution >= 0.6 is 34.9 Å². The molecule has 0 aliphatic carbocycles. The van der Waals surface area contributed by atoms with Gasteiger partial charge >= 0.3 is 12.1 Å². The van der Waals surface area contributed by atoms with Crippen LogP contribution in [0.25, 0.3) is 10.8 Å². The first-order valence-corrected chi connectivity index (χ1v) is 30.2. The van der Waals surface area contributed by atoms with Gasteiger partial charge in [0.15, 0.2) is 14.5 Å². The second kappa shape index (κ2) is 32.4. The molecular formula is C61H72N6O9S3. The maximum atomic E-state index is 14.8. The normalized spacial score (nSPS) is 11.2. The number of aromatic nitrogens is 4. The Morgan fingerprint density at radius 2 is 1.39 bits per heavy atom. The third kappa shape index (κ3) is 18.4. The number of thioether (sulfide) groups is 2. The number of imidazole rings is 1. The third-order valence-electron chi connectivity index (χ3n) is 13.5. The number of rotatable bonds is 34. The minimum Gasteiger partial charge on any atom is -0.506 e. The standard InChI is InChI=1S/C61H72N6O9S3/c1-3-4-5-6-7-8-9-10-11-12-13-14-15-16-17-20-37-75-55-25-19-18-23-51(55)63-57(71)50-32-31-48-49(56(50)70)22-21-24-52(48)67(40-44-26-28-45(29-27-44)53(69)41-68)61(73)76-54-33-30-46(58(72)74-2)39-47(54)42-78-60-65-64-59(79-60)77-38-36-66-35-34-62-43-66/h18-19,21-35,39,43,68,70H,3-17,20,36-38,40-42H2,1-2H3,(H,63,71). The molecule has 0 unspecified atom stereocenters. The Balaban J connectivity index is 1.01. The molecule has 18 heteroatoms. The molecule has 15 nitrogen and oxygen atoms in total. The smallest absolute Gasteiger partial charge is 0.420 e. The van der Waals surface area contributed by atoms with Crippen molar-refractivity contribution in [2.24, 2.45) is 0 Å². The highest BCUT2D eigenvalue weighted by molar-refractivity contribution is 8.02. The summed E-state index contributed by atoms with van der Waals surface area (Å²) >= 11 is 4.38. The third-order valence-corrected chi connectivity index (χ3v) is 16.7. The second-order valence-electron chi connectivity index (χ2n) is 19.3. The summed E-state index contributed by atoms with van der Waals surface area (Å²) in [5.41, 5.74) is 2.52. The van der Waals surface area contributed by atoms with E-state index in [-0.39, 0.29) is 34.9 Å². The van der Waals surface area contributed by atoms with Crippen LogP contribution in [0.15, 0.2) is 124 Å². The van der Waals surface area contributed by atoms with E-state index < -0.39 is 30.4 Å². The van der Waals surface area contributed by atoms with Gasteiger partial charge in [0, 0.05) is 52.3 Å². The second-order valence-corrected chi connectivity index (χ2v) is 22.8. The first kappa shape index (κ1) is 59.9. The first-order chi connectivity index (χ1) is 38.6. The number of carbonyl (C=O) groups excluding carboxylic acids is 4. The Morgan fingerprint density at radius 1 is 0.722 bits per heavy atom. The summed E-state index contributed by atoms with van der Waals surface area (Å²) in [5, 5.41) is 33.7. The first-order valence-electron chi connectivity index (χ1n) is 27.4. The zero-order valence-electron chi connectivity index (χ0n) is 45.2. The molecule has 0 fully saturated rings. The van der Waals surface area contributed by atoms with Gasteiger partial charge in [-0.1, -0.05) is 193 Å². The number of para-hydroxylation sites is 2. The van der Waals surface area contributed by atoms with E-state index in [1.165, 1.54) is 137 Å². The summed E-state index contributed by atoms with van der Waals surface area (Å²) in [6.45, 7) is 2.83. The number of hydrogen-bond donors (Lipinski definition) is 3. The molecule has 418 valence electrons. The summed E-state index contributed by atoms with van der Waals surface area (Å²) in [6, 6.07) is 26.6. The molecule has 79 heavy (non-hydrogen) atoms. The Hall–Kier alpha value is -6.73. The summed E-state index contributed by atoms with van der Waals surface area (Å²) in [5.74, 6) is -0.127. The lowest BCUT2D eigenvalue weighted by Gasteiger charge is -2.25. The molecule has 0 spiro atoms. The molecule has 2 amide bonds. The fourth-order valence-corrected chi connectivity index (χ4v) is 12.1. The predicted molar refractivity (Wildman–Crippen MR) is 315 cm³/mol. The van der Waals surface area contributed by atoms with Crippen LogP contribution in [0.5, 0.6) is 17.2 Å². The topological polar surface area (TPSA) is 195 Å². The number of carbonyl (C=O) groups is 4. The molecule has 0 bridgehead atoms. The van der Waals surface area contributed by atoms with Crippen LogP contribution in [0.3, 0.4) is 0 Å². The number of nitrogens with one attached hydrogen (secondary N) is 1. The predicted octanol–water partition coefficient (Wildman–Crippen LogP) is 14.7. The van der Waals surface area contributed by atoms with Crippen molar-refractivity contribution < 1.29 is 43.6 Å². The highest BCUT2D eigenvalue weighted by Crippen LogP contribution is 2.38. The van der Waals surface area contributed by atoms with Crippen LogP contribution in [-0.4, -0.2) is 79.8 Å². The number of benzene rings is 5. The van der Waals surface area contributed by atoms with Crippen LogP contribution in [0.2, 0.25) is 0 Å². The Labute approximate surface area is 475 Å². The Bertz CT molecular complexity index is 3040. The highest BCUT2D eigenvalue weighted by atomic mass is 32.2. The van der Waals surface area contributed by atoms with Gasteiger partial charge in [-0.2, -0.15) is 0 Å². The zero-order valence-corrected chi connectivity index (χ0v) is 47.7. The lowest BCUT2D eigenvalue weighted by molar-refractivity contribution is 0.0600. The van der Waals surface area contributed by atoms with Crippen LogP contribution in [-0.2, 0) is 23.6 Å². The Kier molecular flexibility index (Phi) is 24.6. The van der Waals surface area contributed by atoms with E-state index in [2.05, 4.69) is 27.4 Å². The lowest BCUT2D eigenvalue weighted by atomic mass is 10.0. The molecule has 3 N–H and O–H groups in total. The van der Waals surface area contributed by atoms with E-state index in [9.17, 15) is 29.4 Å². The van der Waals surface area contributed by atoms with Gasteiger partial charge in [-0.25, -0.2) is 14.6 Å². The molecule has 7 aromatic rings. The molecule has 0 aliphatic heterocycles. The number of fused-ring (bicyclic) bond motifs is 1. The van der Waals surface area contributed by atoms with E-state index >= 15 is 0 Å². The number of unbranched alkanes of at least 4 members (excludes halogenated alkanes) is 15. The molecule has 0 saturated carbocycles. The fraction of sp³-hybridized carbons (Fsp3) is 0.393. The van der Waals surface area contributed by atoms with E-state index in [0.29, 0.717) is 55.5 Å².